The van der Waals surface area contributed by atoms with Gasteiger partial charge in [-0.15, -0.1) is 0 Å². The number of fused-ring (bicyclic) bond motifs is 1. The maximum Gasteiger partial charge on any atom is 0.141 e. The van der Waals surface area contributed by atoms with Gasteiger partial charge in [0.05, 0.1) is 7.11 Å². The van der Waals surface area contributed by atoms with Gasteiger partial charge in [0.2, 0.25) is 0 Å². The summed E-state index contributed by atoms with van der Waals surface area (Å²) >= 11 is 0. The molecule has 138 valence electrons. The Labute approximate surface area is 152 Å². The Kier molecular flexibility index (Phi) is 5.41. The van der Waals surface area contributed by atoms with Crippen molar-refractivity contribution in [2.24, 2.45) is 0 Å². The molecule has 2 N–H and O–H groups in total. The molecule has 1 aromatic rings. The molecule has 0 aromatic heterocycles. The molecular formula is C21H23FO4. The van der Waals surface area contributed by atoms with Crippen LogP contribution in [0.3, 0.4) is 0 Å². The summed E-state index contributed by atoms with van der Waals surface area (Å²) in [6.45, 7) is 1.98. The Morgan fingerprint density at radius 3 is 2.65 bits per heavy atom. The maximum atomic E-state index is 13.7. The average Bonchev–Trinajstić information content (AvgIpc) is 2.88. The van der Waals surface area contributed by atoms with E-state index in [9.17, 15) is 14.6 Å². The third-order valence-electron chi connectivity index (χ3n) is 4.90. The van der Waals surface area contributed by atoms with Crippen molar-refractivity contribution < 1.29 is 24.1 Å². The van der Waals surface area contributed by atoms with Crippen molar-refractivity contribution >= 4 is 11.1 Å². The summed E-state index contributed by atoms with van der Waals surface area (Å²) in [5.41, 5.74) is 5.51. The van der Waals surface area contributed by atoms with Crippen molar-refractivity contribution in [3.05, 3.63) is 70.3 Å². The first-order chi connectivity index (χ1) is 12.5. The van der Waals surface area contributed by atoms with Gasteiger partial charge in [-0.05, 0) is 77.1 Å². The first-order valence-corrected chi connectivity index (χ1v) is 8.51. The molecule has 3 rings (SSSR count). The van der Waals surface area contributed by atoms with E-state index in [0.29, 0.717) is 12.2 Å². The summed E-state index contributed by atoms with van der Waals surface area (Å²) < 4.78 is 24.3. The van der Waals surface area contributed by atoms with Gasteiger partial charge in [-0.3, -0.25) is 0 Å². The van der Waals surface area contributed by atoms with Gasteiger partial charge in [-0.2, -0.15) is 0 Å². The molecule has 0 saturated carbocycles. The van der Waals surface area contributed by atoms with Crippen LogP contribution in [-0.2, 0) is 9.47 Å². The highest BCUT2D eigenvalue weighted by atomic mass is 19.1. The van der Waals surface area contributed by atoms with Gasteiger partial charge in [0.1, 0.15) is 23.8 Å². The van der Waals surface area contributed by atoms with Crippen LogP contribution < -0.4 is 0 Å². The zero-order chi connectivity index (χ0) is 18.8. The maximum absolute atomic E-state index is 13.7. The molecule has 5 heteroatoms. The van der Waals surface area contributed by atoms with Crippen molar-refractivity contribution in [2.75, 3.05) is 20.8 Å². The first-order valence-electron chi connectivity index (χ1n) is 8.51. The second-order valence-electron chi connectivity index (χ2n) is 6.39. The number of halogens is 1. The summed E-state index contributed by atoms with van der Waals surface area (Å²) in [4.78, 5) is 0. The molecule has 0 radical (unpaired) electrons. The minimum Gasteiger partial charge on any atom is -0.498 e. The van der Waals surface area contributed by atoms with Crippen LogP contribution in [0.1, 0.15) is 24.5 Å². The number of aliphatic hydroxyl groups is 2. The number of hydrogen-bond donors (Lipinski definition) is 2. The number of benzene rings is 1. The topological polar surface area (TPSA) is 58.9 Å². The summed E-state index contributed by atoms with van der Waals surface area (Å²) in [5.74, 6) is 0.134. The molecule has 1 aromatic carbocycles. The molecule has 0 amide bonds. The lowest BCUT2D eigenvalue weighted by molar-refractivity contribution is 0.00687. The third kappa shape index (κ3) is 3.26. The zero-order valence-electron chi connectivity index (χ0n) is 15.1. The standard InChI is InChI=1S/C21H23FO4/c1-12-15(6-7-23)18-11-14(22)4-5-16(18)17(12)8-13-9-19(25-2)21(24)20(10-13)26-3/h4-5,8-11,19,21,23-24H,6-7H2,1-3H3/b17-8-. The van der Waals surface area contributed by atoms with Crippen LogP contribution >= 0.6 is 0 Å². The van der Waals surface area contributed by atoms with E-state index in [1.54, 1.807) is 12.1 Å². The predicted molar refractivity (Wildman–Crippen MR) is 98.7 cm³/mol. The Morgan fingerprint density at radius 2 is 2.00 bits per heavy atom. The van der Waals surface area contributed by atoms with Crippen LogP contribution in [-0.4, -0.2) is 43.2 Å². The quantitative estimate of drug-likeness (QED) is 0.849. The van der Waals surface area contributed by atoms with Crippen LogP contribution in [0.25, 0.3) is 11.1 Å². The van der Waals surface area contributed by atoms with E-state index < -0.39 is 12.2 Å². The smallest absolute Gasteiger partial charge is 0.141 e. The molecule has 0 heterocycles. The number of allylic oxidation sites excluding steroid dienone is 5. The fourth-order valence-corrected chi connectivity index (χ4v) is 3.56. The molecule has 2 aliphatic rings. The molecule has 26 heavy (non-hydrogen) atoms. The molecule has 0 spiro atoms. The number of rotatable bonds is 5. The molecule has 4 nitrogen and oxygen atoms in total. The van der Waals surface area contributed by atoms with Gasteiger partial charge in [-0.1, -0.05) is 6.07 Å². The molecule has 2 aliphatic carbocycles. The molecule has 2 atom stereocenters. The second kappa shape index (κ2) is 7.58. The summed E-state index contributed by atoms with van der Waals surface area (Å²) in [6, 6.07) is 4.71. The van der Waals surface area contributed by atoms with Gasteiger partial charge in [-0.25, -0.2) is 4.39 Å². The first kappa shape index (κ1) is 18.6. The fourth-order valence-electron chi connectivity index (χ4n) is 3.56. The van der Waals surface area contributed by atoms with Crippen molar-refractivity contribution in [3.63, 3.8) is 0 Å². The highest BCUT2D eigenvalue weighted by Crippen LogP contribution is 2.43. The van der Waals surface area contributed by atoms with Crippen LogP contribution in [0.5, 0.6) is 0 Å². The predicted octanol–water partition coefficient (Wildman–Crippen LogP) is 3.22. The van der Waals surface area contributed by atoms with Crippen LogP contribution in [0.4, 0.5) is 4.39 Å². The van der Waals surface area contributed by atoms with Crippen molar-refractivity contribution in [1.82, 2.24) is 0 Å². The summed E-state index contributed by atoms with van der Waals surface area (Å²) in [6.07, 6.45) is 4.70. The summed E-state index contributed by atoms with van der Waals surface area (Å²) in [5, 5.41) is 19.6. The zero-order valence-corrected chi connectivity index (χ0v) is 15.1. The van der Waals surface area contributed by atoms with Crippen LogP contribution in [0, 0.1) is 5.82 Å². The minimum atomic E-state index is -0.848. The van der Waals surface area contributed by atoms with E-state index in [2.05, 4.69) is 0 Å². The number of aliphatic hydroxyl groups excluding tert-OH is 2. The lowest BCUT2D eigenvalue weighted by atomic mass is 9.95. The number of hydrogen-bond acceptors (Lipinski definition) is 4. The minimum absolute atomic E-state index is 0.00424. The van der Waals surface area contributed by atoms with Crippen LogP contribution in [0.15, 0.2) is 53.3 Å². The molecule has 0 fully saturated rings. The Morgan fingerprint density at radius 1 is 1.23 bits per heavy atom. The molecule has 0 saturated heterocycles. The largest absolute Gasteiger partial charge is 0.498 e. The van der Waals surface area contributed by atoms with Gasteiger partial charge < -0.3 is 19.7 Å². The highest BCUT2D eigenvalue weighted by molar-refractivity contribution is 6.00. The van der Waals surface area contributed by atoms with E-state index in [1.165, 1.54) is 26.4 Å². The SMILES string of the molecule is COC1=CC(/C=C2/C(C)=C(CCO)c3cc(F)ccc32)=CC(OC)C1O. The molecular weight excluding hydrogens is 335 g/mol. The van der Waals surface area contributed by atoms with Gasteiger partial charge in [0, 0.05) is 13.7 Å². The van der Waals surface area contributed by atoms with E-state index in [4.69, 9.17) is 9.47 Å². The summed E-state index contributed by atoms with van der Waals surface area (Å²) in [7, 11) is 3.04. The van der Waals surface area contributed by atoms with Crippen molar-refractivity contribution in [3.8, 4) is 0 Å². The lowest BCUT2D eigenvalue weighted by Crippen LogP contribution is -2.31. The fraction of sp³-hybridized carbons (Fsp3) is 0.333. The molecule has 0 aliphatic heterocycles. The van der Waals surface area contributed by atoms with Gasteiger partial charge in [0.15, 0.2) is 0 Å². The van der Waals surface area contributed by atoms with E-state index in [0.717, 1.165) is 33.4 Å². The Balaban J connectivity index is 2.10. The normalized spacial score (nSPS) is 23.8. The van der Waals surface area contributed by atoms with Crippen LogP contribution in [0.2, 0.25) is 0 Å². The Hall–Kier alpha value is -2.21. The third-order valence-corrected chi connectivity index (χ3v) is 4.90. The monoisotopic (exact) mass is 358 g/mol. The average molecular weight is 358 g/mol. The lowest BCUT2D eigenvalue weighted by Gasteiger charge is -2.25. The van der Waals surface area contributed by atoms with Gasteiger partial charge in [0.25, 0.3) is 0 Å². The van der Waals surface area contributed by atoms with E-state index in [-0.39, 0.29) is 12.4 Å². The van der Waals surface area contributed by atoms with E-state index in [1.807, 2.05) is 19.1 Å². The molecule has 0 bridgehead atoms. The van der Waals surface area contributed by atoms with Gasteiger partial charge >= 0.3 is 0 Å². The number of ether oxygens (including phenoxy) is 2. The van der Waals surface area contributed by atoms with Crippen molar-refractivity contribution in [2.45, 2.75) is 25.6 Å². The number of methoxy groups -OCH3 is 2. The second-order valence-corrected chi connectivity index (χ2v) is 6.39. The molecule has 2 unspecified atom stereocenters. The Bertz CT molecular complexity index is 832. The van der Waals surface area contributed by atoms with E-state index >= 15 is 0 Å². The van der Waals surface area contributed by atoms with Crippen molar-refractivity contribution in [1.29, 1.82) is 0 Å². The highest BCUT2D eigenvalue weighted by Gasteiger charge is 2.28.